The maximum atomic E-state index is 12.2. The zero-order valence-corrected chi connectivity index (χ0v) is 12.1. The van der Waals surface area contributed by atoms with Crippen LogP contribution in [0.25, 0.3) is 0 Å². The summed E-state index contributed by atoms with van der Waals surface area (Å²) in [5.41, 5.74) is 7.00. The van der Waals surface area contributed by atoms with E-state index in [1.807, 2.05) is 0 Å². The first-order valence-electron chi connectivity index (χ1n) is 6.81. The van der Waals surface area contributed by atoms with Crippen molar-refractivity contribution in [3.8, 4) is 0 Å². The minimum Gasteiger partial charge on any atom is -0.399 e. The third-order valence-electron chi connectivity index (χ3n) is 3.75. The van der Waals surface area contributed by atoms with E-state index in [4.69, 9.17) is 5.73 Å². The quantitative estimate of drug-likeness (QED) is 0.832. The molecule has 1 aliphatic rings. The SMILES string of the molecule is CC1CCCCC1NS(=O)(=O)Cc1cccc(N)c1. The van der Waals surface area contributed by atoms with Crippen LogP contribution in [0.15, 0.2) is 24.3 Å². The molecule has 19 heavy (non-hydrogen) atoms. The number of nitrogen functional groups attached to an aromatic ring is 1. The van der Waals surface area contributed by atoms with Gasteiger partial charge >= 0.3 is 0 Å². The Morgan fingerprint density at radius 3 is 2.74 bits per heavy atom. The topological polar surface area (TPSA) is 72.2 Å². The lowest BCUT2D eigenvalue weighted by Crippen LogP contribution is -2.41. The molecule has 0 saturated heterocycles. The van der Waals surface area contributed by atoms with Crippen LogP contribution in [-0.2, 0) is 15.8 Å². The summed E-state index contributed by atoms with van der Waals surface area (Å²) in [4.78, 5) is 0. The number of anilines is 1. The maximum Gasteiger partial charge on any atom is 0.216 e. The van der Waals surface area contributed by atoms with Gasteiger partial charge in [-0.15, -0.1) is 0 Å². The summed E-state index contributed by atoms with van der Waals surface area (Å²) in [7, 11) is -3.29. The Bertz CT molecular complexity index is 528. The number of hydrogen-bond acceptors (Lipinski definition) is 3. The molecule has 4 nitrogen and oxygen atoms in total. The zero-order chi connectivity index (χ0) is 13.9. The number of hydrogen-bond donors (Lipinski definition) is 2. The molecule has 0 radical (unpaired) electrons. The van der Waals surface area contributed by atoms with Gasteiger partial charge in [-0.3, -0.25) is 0 Å². The van der Waals surface area contributed by atoms with E-state index in [0.29, 0.717) is 11.6 Å². The summed E-state index contributed by atoms with van der Waals surface area (Å²) in [5.74, 6) is 0.422. The molecule has 0 amide bonds. The van der Waals surface area contributed by atoms with Crippen molar-refractivity contribution >= 4 is 15.7 Å². The third-order valence-corrected chi connectivity index (χ3v) is 5.13. The summed E-state index contributed by atoms with van der Waals surface area (Å²) in [6.07, 6.45) is 4.35. The van der Waals surface area contributed by atoms with Gasteiger partial charge in [0.25, 0.3) is 0 Å². The van der Waals surface area contributed by atoms with Gasteiger partial charge < -0.3 is 5.73 Å². The van der Waals surface area contributed by atoms with E-state index in [9.17, 15) is 8.42 Å². The van der Waals surface area contributed by atoms with E-state index in [0.717, 1.165) is 24.8 Å². The number of benzene rings is 1. The summed E-state index contributed by atoms with van der Waals surface area (Å²) in [6.45, 7) is 2.12. The molecule has 1 aliphatic carbocycles. The van der Waals surface area contributed by atoms with Crippen molar-refractivity contribution in [1.82, 2.24) is 4.72 Å². The van der Waals surface area contributed by atoms with Gasteiger partial charge in [-0.1, -0.05) is 31.9 Å². The molecular weight excluding hydrogens is 260 g/mol. The number of nitrogens with one attached hydrogen (secondary N) is 1. The van der Waals surface area contributed by atoms with Gasteiger partial charge in [-0.2, -0.15) is 0 Å². The van der Waals surface area contributed by atoms with Crippen LogP contribution < -0.4 is 10.5 Å². The molecule has 5 heteroatoms. The molecule has 1 fully saturated rings. The number of nitrogens with two attached hydrogens (primary N) is 1. The van der Waals surface area contributed by atoms with Crippen LogP contribution in [0.2, 0.25) is 0 Å². The summed E-state index contributed by atoms with van der Waals surface area (Å²) < 4.78 is 27.2. The van der Waals surface area contributed by atoms with E-state index >= 15 is 0 Å². The maximum absolute atomic E-state index is 12.2. The lowest BCUT2D eigenvalue weighted by atomic mass is 9.87. The molecule has 106 valence electrons. The molecule has 0 heterocycles. The largest absolute Gasteiger partial charge is 0.399 e. The zero-order valence-electron chi connectivity index (χ0n) is 11.3. The molecule has 0 bridgehead atoms. The third kappa shape index (κ3) is 4.21. The first kappa shape index (κ1) is 14.3. The summed E-state index contributed by atoms with van der Waals surface area (Å²) in [6, 6.07) is 7.12. The normalized spacial score (nSPS) is 24.3. The highest BCUT2D eigenvalue weighted by atomic mass is 32.2. The molecule has 0 spiro atoms. The van der Waals surface area contributed by atoms with Crippen molar-refractivity contribution in [2.45, 2.75) is 44.4 Å². The fraction of sp³-hybridized carbons (Fsp3) is 0.571. The molecule has 2 rings (SSSR count). The van der Waals surface area contributed by atoms with Crippen molar-refractivity contribution in [3.05, 3.63) is 29.8 Å². The van der Waals surface area contributed by atoms with E-state index in [1.54, 1.807) is 24.3 Å². The highest BCUT2D eigenvalue weighted by molar-refractivity contribution is 7.88. The van der Waals surface area contributed by atoms with Gasteiger partial charge in [0.2, 0.25) is 10.0 Å². The van der Waals surface area contributed by atoms with Gasteiger partial charge in [-0.05, 0) is 36.5 Å². The average molecular weight is 282 g/mol. The minimum absolute atomic E-state index is 0.00125. The number of sulfonamides is 1. The lowest BCUT2D eigenvalue weighted by molar-refractivity contribution is 0.310. The van der Waals surface area contributed by atoms with Crippen molar-refractivity contribution in [3.63, 3.8) is 0 Å². The van der Waals surface area contributed by atoms with Crippen molar-refractivity contribution in [1.29, 1.82) is 0 Å². The van der Waals surface area contributed by atoms with Crippen LogP contribution >= 0.6 is 0 Å². The predicted octanol–water partition coefficient (Wildman–Crippen LogP) is 2.27. The van der Waals surface area contributed by atoms with E-state index in [2.05, 4.69) is 11.6 Å². The van der Waals surface area contributed by atoms with E-state index in [-0.39, 0.29) is 11.8 Å². The molecule has 0 aliphatic heterocycles. The molecule has 2 atom stereocenters. The highest BCUT2D eigenvalue weighted by Crippen LogP contribution is 2.24. The van der Waals surface area contributed by atoms with Crippen molar-refractivity contribution in [2.75, 3.05) is 5.73 Å². The Morgan fingerprint density at radius 1 is 1.32 bits per heavy atom. The Labute approximate surface area is 115 Å². The molecule has 2 unspecified atom stereocenters. The van der Waals surface area contributed by atoms with Crippen LogP contribution in [0.5, 0.6) is 0 Å². The fourth-order valence-corrected chi connectivity index (χ4v) is 4.18. The predicted molar refractivity (Wildman–Crippen MR) is 78.0 cm³/mol. The van der Waals surface area contributed by atoms with Gasteiger partial charge in [0.1, 0.15) is 0 Å². The highest BCUT2D eigenvalue weighted by Gasteiger charge is 2.25. The van der Waals surface area contributed by atoms with Crippen LogP contribution in [0.4, 0.5) is 5.69 Å². The van der Waals surface area contributed by atoms with Gasteiger partial charge in [-0.25, -0.2) is 13.1 Å². The summed E-state index contributed by atoms with van der Waals surface area (Å²) >= 11 is 0. The molecule has 1 aromatic rings. The molecule has 1 saturated carbocycles. The smallest absolute Gasteiger partial charge is 0.216 e. The second-order valence-corrected chi connectivity index (χ2v) is 7.24. The molecular formula is C14H22N2O2S. The fourth-order valence-electron chi connectivity index (χ4n) is 2.67. The second-order valence-electron chi connectivity index (χ2n) is 5.49. The molecule has 3 N–H and O–H groups in total. The molecule has 0 aromatic heterocycles. The lowest BCUT2D eigenvalue weighted by Gasteiger charge is -2.29. The first-order chi connectivity index (χ1) is 8.96. The second kappa shape index (κ2) is 5.92. The van der Waals surface area contributed by atoms with Crippen molar-refractivity contribution in [2.24, 2.45) is 5.92 Å². The Morgan fingerprint density at radius 2 is 2.05 bits per heavy atom. The average Bonchev–Trinajstić information content (AvgIpc) is 2.31. The summed E-state index contributed by atoms with van der Waals surface area (Å²) in [5, 5.41) is 0. The van der Waals surface area contributed by atoms with Crippen LogP contribution in [-0.4, -0.2) is 14.5 Å². The Hall–Kier alpha value is -1.07. The minimum atomic E-state index is -3.29. The van der Waals surface area contributed by atoms with Gasteiger partial charge in [0.15, 0.2) is 0 Å². The van der Waals surface area contributed by atoms with Crippen LogP contribution in [0.3, 0.4) is 0 Å². The Kier molecular flexibility index (Phi) is 4.47. The molecule has 1 aromatic carbocycles. The van der Waals surface area contributed by atoms with Crippen molar-refractivity contribution < 1.29 is 8.42 Å². The standard InChI is InChI=1S/C14H22N2O2S/c1-11-5-2-3-8-14(11)16-19(17,18)10-12-6-4-7-13(15)9-12/h4,6-7,9,11,14,16H,2-3,5,8,10,15H2,1H3. The van der Waals surface area contributed by atoms with E-state index < -0.39 is 10.0 Å². The van der Waals surface area contributed by atoms with Gasteiger partial charge in [0, 0.05) is 11.7 Å². The first-order valence-corrected chi connectivity index (χ1v) is 8.46. The van der Waals surface area contributed by atoms with E-state index in [1.165, 1.54) is 6.42 Å². The monoisotopic (exact) mass is 282 g/mol. The van der Waals surface area contributed by atoms with Crippen LogP contribution in [0, 0.1) is 5.92 Å². The van der Waals surface area contributed by atoms with Gasteiger partial charge in [0.05, 0.1) is 5.75 Å². The number of rotatable bonds is 4. The van der Waals surface area contributed by atoms with Crippen LogP contribution in [0.1, 0.15) is 38.2 Å². The Balaban J connectivity index is 2.02.